The lowest BCUT2D eigenvalue weighted by molar-refractivity contribution is -0.387. The Bertz CT molecular complexity index is 837. The van der Waals surface area contributed by atoms with Crippen molar-refractivity contribution in [2.45, 2.75) is 11.4 Å². The third-order valence-electron chi connectivity index (χ3n) is 4.60. The Morgan fingerprint density at radius 3 is 2.41 bits per heavy atom. The van der Waals surface area contributed by atoms with Crippen LogP contribution in [-0.2, 0) is 6.54 Å². The smallest absolute Gasteiger partial charge is 0.283 e. The van der Waals surface area contributed by atoms with Crippen molar-refractivity contribution in [3.63, 3.8) is 0 Å². The monoisotopic (exact) mass is 405 g/mol. The van der Waals surface area contributed by atoms with Crippen LogP contribution >= 0.6 is 23.4 Å². The maximum atomic E-state index is 12.7. The number of carbonyl (C=O) groups is 1. The molecule has 1 saturated heterocycles. The van der Waals surface area contributed by atoms with E-state index in [4.69, 9.17) is 11.6 Å². The molecule has 6 nitrogen and oxygen atoms in total. The number of rotatable bonds is 5. The highest BCUT2D eigenvalue weighted by atomic mass is 35.5. The van der Waals surface area contributed by atoms with Crippen molar-refractivity contribution in [1.82, 2.24) is 9.80 Å². The van der Waals surface area contributed by atoms with Gasteiger partial charge >= 0.3 is 0 Å². The molecule has 0 unspecified atom stereocenters. The van der Waals surface area contributed by atoms with Crippen LogP contribution in [0.2, 0.25) is 5.02 Å². The van der Waals surface area contributed by atoms with Crippen molar-refractivity contribution in [3.05, 3.63) is 68.7 Å². The van der Waals surface area contributed by atoms with Crippen LogP contribution in [0.15, 0.2) is 47.4 Å². The molecule has 1 amide bonds. The van der Waals surface area contributed by atoms with E-state index in [0.717, 1.165) is 24.7 Å². The van der Waals surface area contributed by atoms with Gasteiger partial charge in [-0.1, -0.05) is 23.7 Å². The number of carbonyl (C=O) groups excluding carboxylic acids is 1. The van der Waals surface area contributed by atoms with Crippen LogP contribution in [0.5, 0.6) is 0 Å². The van der Waals surface area contributed by atoms with E-state index in [0.29, 0.717) is 23.5 Å². The number of nitrogens with zero attached hydrogens (tertiary/aromatic N) is 3. The van der Waals surface area contributed by atoms with Gasteiger partial charge < -0.3 is 4.90 Å². The predicted octanol–water partition coefficient (Wildman–Crippen LogP) is 3.93. The Labute approximate surface area is 167 Å². The van der Waals surface area contributed by atoms with E-state index in [9.17, 15) is 14.9 Å². The van der Waals surface area contributed by atoms with E-state index in [-0.39, 0.29) is 11.6 Å². The second kappa shape index (κ2) is 8.73. The molecule has 142 valence electrons. The highest BCUT2D eigenvalue weighted by Gasteiger charge is 2.24. The lowest BCUT2D eigenvalue weighted by atomic mass is 10.1. The normalized spacial score (nSPS) is 15.0. The van der Waals surface area contributed by atoms with E-state index in [2.05, 4.69) is 4.90 Å². The molecule has 0 saturated carbocycles. The zero-order valence-corrected chi connectivity index (χ0v) is 16.5. The maximum Gasteiger partial charge on any atom is 0.283 e. The Morgan fingerprint density at radius 1 is 1.15 bits per heavy atom. The molecule has 0 aromatic heterocycles. The van der Waals surface area contributed by atoms with Gasteiger partial charge in [0, 0.05) is 49.4 Å². The SMILES string of the molecule is CSc1ccc(C(=O)N2CCN(Cc3ccc(Cl)cc3)CC2)cc1[N+](=O)[O-]. The number of nitro groups is 1. The number of benzene rings is 2. The van der Waals surface area contributed by atoms with Gasteiger partial charge in [0.05, 0.1) is 9.82 Å². The van der Waals surface area contributed by atoms with Gasteiger partial charge in [0.2, 0.25) is 0 Å². The Kier molecular flexibility index (Phi) is 6.36. The van der Waals surface area contributed by atoms with Crippen molar-refractivity contribution in [2.75, 3.05) is 32.4 Å². The third-order valence-corrected chi connectivity index (χ3v) is 5.64. The van der Waals surface area contributed by atoms with Crippen LogP contribution in [0.1, 0.15) is 15.9 Å². The summed E-state index contributed by atoms with van der Waals surface area (Å²) in [6, 6.07) is 12.5. The Hall–Kier alpha value is -2.09. The first-order chi connectivity index (χ1) is 13.0. The van der Waals surface area contributed by atoms with Gasteiger partial charge in [-0.15, -0.1) is 11.8 Å². The molecule has 0 atom stereocenters. The standard InChI is InChI=1S/C19H20ClN3O3S/c1-27-18-7-4-15(12-17(18)23(25)26)19(24)22-10-8-21(9-11-22)13-14-2-5-16(20)6-3-14/h2-7,12H,8-11,13H2,1H3. The maximum absolute atomic E-state index is 12.7. The molecule has 1 aliphatic heterocycles. The quantitative estimate of drug-likeness (QED) is 0.428. The predicted molar refractivity (Wildman–Crippen MR) is 108 cm³/mol. The first-order valence-corrected chi connectivity index (χ1v) is 10.2. The third kappa shape index (κ3) is 4.80. The lowest BCUT2D eigenvalue weighted by Crippen LogP contribution is -2.48. The number of hydrogen-bond donors (Lipinski definition) is 0. The van der Waals surface area contributed by atoms with Crippen molar-refractivity contribution in [2.24, 2.45) is 0 Å². The van der Waals surface area contributed by atoms with Gasteiger partial charge in [-0.25, -0.2) is 0 Å². The number of hydrogen-bond acceptors (Lipinski definition) is 5. The summed E-state index contributed by atoms with van der Waals surface area (Å²) in [5.74, 6) is -0.156. The van der Waals surface area contributed by atoms with Gasteiger partial charge in [0.1, 0.15) is 0 Å². The summed E-state index contributed by atoms with van der Waals surface area (Å²) < 4.78 is 0. The summed E-state index contributed by atoms with van der Waals surface area (Å²) >= 11 is 7.22. The first kappa shape index (κ1) is 19.7. The van der Waals surface area contributed by atoms with Crippen LogP contribution in [0.3, 0.4) is 0 Å². The molecular formula is C19H20ClN3O3S. The molecule has 2 aromatic carbocycles. The summed E-state index contributed by atoms with van der Waals surface area (Å²) in [5, 5.41) is 11.9. The van der Waals surface area contributed by atoms with Gasteiger partial charge in [0.25, 0.3) is 11.6 Å². The molecule has 27 heavy (non-hydrogen) atoms. The number of thioether (sulfide) groups is 1. The van der Waals surface area contributed by atoms with Gasteiger partial charge in [-0.3, -0.25) is 19.8 Å². The molecule has 1 fully saturated rings. The van der Waals surface area contributed by atoms with Gasteiger partial charge in [-0.05, 0) is 36.1 Å². The summed E-state index contributed by atoms with van der Waals surface area (Å²) in [5.41, 5.74) is 1.53. The topological polar surface area (TPSA) is 66.7 Å². The number of nitro benzene ring substituents is 1. The van der Waals surface area contributed by atoms with E-state index >= 15 is 0 Å². The second-order valence-electron chi connectivity index (χ2n) is 6.34. The highest BCUT2D eigenvalue weighted by Crippen LogP contribution is 2.28. The number of piperazine rings is 1. The minimum atomic E-state index is -0.438. The van der Waals surface area contributed by atoms with E-state index in [1.165, 1.54) is 23.4 Å². The summed E-state index contributed by atoms with van der Waals surface area (Å²) in [7, 11) is 0. The summed E-state index contributed by atoms with van der Waals surface area (Å²) in [6.07, 6.45) is 1.78. The van der Waals surface area contributed by atoms with Crippen LogP contribution in [0.25, 0.3) is 0 Å². The molecule has 8 heteroatoms. The molecular weight excluding hydrogens is 386 g/mol. The summed E-state index contributed by atoms with van der Waals surface area (Å²) in [6.45, 7) is 3.54. The highest BCUT2D eigenvalue weighted by molar-refractivity contribution is 7.98. The minimum absolute atomic E-state index is 0.0188. The Morgan fingerprint density at radius 2 is 1.81 bits per heavy atom. The molecule has 1 aliphatic rings. The second-order valence-corrected chi connectivity index (χ2v) is 7.62. The molecule has 1 heterocycles. The van der Waals surface area contributed by atoms with Crippen molar-refractivity contribution >= 4 is 35.0 Å². The molecule has 0 aliphatic carbocycles. The van der Waals surface area contributed by atoms with Crippen LogP contribution < -0.4 is 0 Å². The molecule has 0 N–H and O–H groups in total. The van der Waals surface area contributed by atoms with Crippen molar-refractivity contribution in [3.8, 4) is 0 Å². The first-order valence-electron chi connectivity index (χ1n) is 8.56. The van der Waals surface area contributed by atoms with Gasteiger partial charge in [0.15, 0.2) is 0 Å². The molecule has 3 rings (SSSR count). The van der Waals surface area contributed by atoms with E-state index < -0.39 is 4.92 Å². The fraction of sp³-hybridized carbons (Fsp3) is 0.316. The average molecular weight is 406 g/mol. The average Bonchev–Trinajstić information content (AvgIpc) is 2.69. The van der Waals surface area contributed by atoms with E-state index in [1.807, 2.05) is 24.3 Å². The van der Waals surface area contributed by atoms with Crippen molar-refractivity contribution in [1.29, 1.82) is 0 Å². The van der Waals surface area contributed by atoms with Crippen LogP contribution in [0, 0.1) is 10.1 Å². The lowest BCUT2D eigenvalue weighted by Gasteiger charge is -2.34. The van der Waals surface area contributed by atoms with E-state index in [1.54, 1.807) is 23.3 Å². The Balaban J connectivity index is 1.62. The molecule has 0 spiro atoms. The molecule has 2 aromatic rings. The minimum Gasteiger partial charge on any atom is -0.336 e. The number of amides is 1. The molecule has 0 radical (unpaired) electrons. The van der Waals surface area contributed by atoms with Crippen LogP contribution in [0.4, 0.5) is 5.69 Å². The van der Waals surface area contributed by atoms with Crippen LogP contribution in [-0.4, -0.2) is 53.1 Å². The van der Waals surface area contributed by atoms with Crippen molar-refractivity contribution < 1.29 is 9.72 Å². The van der Waals surface area contributed by atoms with Gasteiger partial charge in [-0.2, -0.15) is 0 Å². The number of halogens is 1. The fourth-order valence-corrected chi connectivity index (χ4v) is 3.78. The molecule has 0 bridgehead atoms. The zero-order chi connectivity index (χ0) is 19.4. The fourth-order valence-electron chi connectivity index (χ4n) is 3.11. The summed E-state index contributed by atoms with van der Waals surface area (Å²) in [4.78, 5) is 28.1. The largest absolute Gasteiger partial charge is 0.336 e. The zero-order valence-electron chi connectivity index (χ0n) is 14.9.